The van der Waals surface area contributed by atoms with Crippen molar-refractivity contribution in [2.24, 2.45) is 0 Å². The van der Waals surface area contributed by atoms with Gasteiger partial charge in [-0.25, -0.2) is 8.42 Å². The highest BCUT2D eigenvalue weighted by atomic mass is 32.2. The van der Waals surface area contributed by atoms with Crippen LogP contribution in [0.25, 0.3) is 0 Å². The van der Waals surface area contributed by atoms with Gasteiger partial charge in [0.25, 0.3) is 10.1 Å². The number of nitrogens with zero attached hydrogens (tertiary/aromatic N) is 1. The van der Waals surface area contributed by atoms with Crippen LogP contribution in [0.5, 0.6) is 0 Å². The summed E-state index contributed by atoms with van der Waals surface area (Å²) in [6.07, 6.45) is -1.38. The number of benzene rings is 2. The highest BCUT2D eigenvalue weighted by molar-refractivity contribution is 7.89. The minimum absolute atomic E-state index is 0.0589. The molecular formula is C19H21NO7S2. The van der Waals surface area contributed by atoms with Crippen molar-refractivity contribution in [1.29, 1.82) is 0 Å². The highest BCUT2D eigenvalue weighted by Gasteiger charge is 2.46. The van der Waals surface area contributed by atoms with E-state index in [2.05, 4.69) is 0 Å². The summed E-state index contributed by atoms with van der Waals surface area (Å²) >= 11 is 0. The number of rotatable bonds is 6. The van der Waals surface area contributed by atoms with Crippen molar-refractivity contribution < 1.29 is 30.9 Å². The van der Waals surface area contributed by atoms with Crippen LogP contribution in [0.1, 0.15) is 17.5 Å². The molecule has 2 atom stereocenters. The summed E-state index contributed by atoms with van der Waals surface area (Å²) in [4.78, 5) is 11.5. The minimum Gasteiger partial charge on any atom is -0.480 e. The first kappa shape index (κ1) is 21.4. The van der Waals surface area contributed by atoms with Crippen LogP contribution in [0.3, 0.4) is 0 Å². The number of carboxylic acid groups (broad SMARTS) is 1. The molecule has 8 nitrogen and oxygen atoms in total. The summed E-state index contributed by atoms with van der Waals surface area (Å²) < 4.78 is 56.9. The van der Waals surface area contributed by atoms with Gasteiger partial charge in [0.05, 0.1) is 15.9 Å². The monoisotopic (exact) mass is 439 g/mol. The molecule has 0 bridgehead atoms. The van der Waals surface area contributed by atoms with E-state index in [0.717, 1.165) is 15.4 Å². The topological polar surface area (TPSA) is 118 Å². The predicted octanol–water partition coefficient (Wildman–Crippen LogP) is 1.93. The van der Waals surface area contributed by atoms with Gasteiger partial charge >= 0.3 is 5.97 Å². The van der Waals surface area contributed by atoms with E-state index in [0.29, 0.717) is 0 Å². The quantitative estimate of drug-likeness (QED) is 0.683. The number of carboxylic acids is 1. The maximum absolute atomic E-state index is 12.9. The Hall–Kier alpha value is -2.27. The fraction of sp³-hybridized carbons (Fsp3) is 0.316. The molecule has 1 heterocycles. The van der Waals surface area contributed by atoms with Crippen molar-refractivity contribution in [2.75, 3.05) is 6.54 Å². The Morgan fingerprint density at radius 2 is 1.41 bits per heavy atom. The molecule has 1 N–H and O–H groups in total. The van der Waals surface area contributed by atoms with E-state index >= 15 is 0 Å². The van der Waals surface area contributed by atoms with Gasteiger partial charge in [-0.2, -0.15) is 12.7 Å². The molecule has 0 unspecified atom stereocenters. The van der Waals surface area contributed by atoms with Crippen molar-refractivity contribution in [1.82, 2.24) is 4.31 Å². The van der Waals surface area contributed by atoms with Crippen LogP contribution in [-0.2, 0) is 29.1 Å². The Kier molecular flexibility index (Phi) is 5.81. The molecule has 1 saturated heterocycles. The van der Waals surface area contributed by atoms with Gasteiger partial charge in [0.2, 0.25) is 10.0 Å². The fourth-order valence-electron chi connectivity index (χ4n) is 3.11. The third kappa shape index (κ3) is 4.50. The summed E-state index contributed by atoms with van der Waals surface area (Å²) in [5.74, 6) is -1.36. The van der Waals surface area contributed by atoms with Crippen LogP contribution in [0.2, 0.25) is 0 Å². The first-order chi connectivity index (χ1) is 13.5. The Balaban J connectivity index is 1.86. The molecule has 1 fully saturated rings. The standard InChI is InChI=1S/C19H21NO7S2/c1-13-3-7-16(8-4-13)28(23,24)20-12-15(11-18(20)19(21)22)27-29(25,26)17-9-5-14(2)6-10-17/h3-10,15,18H,11-12H2,1-2H3,(H,21,22)/t15-,18+/m1/s1. The maximum Gasteiger partial charge on any atom is 0.322 e. The molecule has 10 heteroatoms. The number of hydrogen-bond donors (Lipinski definition) is 1. The normalized spacial score (nSPS) is 20.6. The molecule has 156 valence electrons. The zero-order chi connectivity index (χ0) is 21.4. The second-order valence-electron chi connectivity index (χ2n) is 6.96. The van der Waals surface area contributed by atoms with Crippen LogP contribution in [0.15, 0.2) is 58.3 Å². The molecular weight excluding hydrogens is 418 g/mol. The molecule has 3 rings (SSSR count). The number of aryl methyl sites for hydroxylation is 2. The molecule has 2 aromatic carbocycles. The smallest absolute Gasteiger partial charge is 0.322 e. The largest absolute Gasteiger partial charge is 0.480 e. The van der Waals surface area contributed by atoms with E-state index in [4.69, 9.17) is 4.18 Å². The molecule has 1 aliphatic heterocycles. The van der Waals surface area contributed by atoms with Crippen molar-refractivity contribution >= 4 is 26.1 Å². The van der Waals surface area contributed by atoms with Crippen molar-refractivity contribution in [3.05, 3.63) is 59.7 Å². The van der Waals surface area contributed by atoms with Crippen molar-refractivity contribution in [3.8, 4) is 0 Å². The summed E-state index contributed by atoms with van der Waals surface area (Å²) in [5, 5.41) is 9.49. The average Bonchev–Trinajstić information content (AvgIpc) is 3.07. The fourth-order valence-corrected chi connectivity index (χ4v) is 5.82. The average molecular weight is 440 g/mol. The van der Waals surface area contributed by atoms with Gasteiger partial charge in [-0.1, -0.05) is 35.4 Å². The van der Waals surface area contributed by atoms with E-state index < -0.39 is 38.3 Å². The number of carbonyl (C=O) groups is 1. The molecule has 0 aromatic heterocycles. The lowest BCUT2D eigenvalue weighted by atomic mass is 10.2. The van der Waals surface area contributed by atoms with Gasteiger partial charge in [-0.15, -0.1) is 0 Å². The van der Waals surface area contributed by atoms with Gasteiger partial charge in [0.15, 0.2) is 0 Å². The zero-order valence-corrected chi connectivity index (χ0v) is 17.5. The Morgan fingerprint density at radius 1 is 0.931 bits per heavy atom. The van der Waals surface area contributed by atoms with Crippen LogP contribution >= 0.6 is 0 Å². The van der Waals surface area contributed by atoms with Gasteiger partial charge < -0.3 is 5.11 Å². The van der Waals surface area contributed by atoms with Gasteiger partial charge in [-0.3, -0.25) is 8.98 Å². The first-order valence-electron chi connectivity index (χ1n) is 8.82. The summed E-state index contributed by atoms with van der Waals surface area (Å²) in [6, 6.07) is 10.6. The van der Waals surface area contributed by atoms with Crippen molar-refractivity contribution in [2.45, 2.75) is 42.2 Å². The minimum atomic E-state index is -4.16. The van der Waals surface area contributed by atoms with E-state index in [1.165, 1.54) is 24.3 Å². The third-order valence-corrected chi connectivity index (χ3v) is 7.97. The molecule has 0 aliphatic carbocycles. The van der Waals surface area contributed by atoms with Crippen LogP contribution < -0.4 is 0 Å². The third-order valence-electron chi connectivity index (χ3n) is 4.70. The second-order valence-corrected chi connectivity index (χ2v) is 10.4. The van der Waals surface area contributed by atoms with E-state index in [1.807, 2.05) is 0 Å². The lowest BCUT2D eigenvalue weighted by Crippen LogP contribution is -2.40. The van der Waals surface area contributed by atoms with Crippen LogP contribution in [0.4, 0.5) is 0 Å². The first-order valence-corrected chi connectivity index (χ1v) is 11.7. The number of sulfonamides is 1. The lowest BCUT2D eigenvalue weighted by Gasteiger charge is -2.20. The highest BCUT2D eigenvalue weighted by Crippen LogP contribution is 2.30. The Morgan fingerprint density at radius 3 is 1.90 bits per heavy atom. The Labute approximate surface area is 169 Å². The van der Waals surface area contributed by atoms with Crippen LogP contribution in [-0.4, -0.2) is 50.9 Å². The predicted molar refractivity (Wildman–Crippen MR) is 104 cm³/mol. The summed E-state index contributed by atoms with van der Waals surface area (Å²) in [7, 11) is -8.29. The number of hydrogen-bond acceptors (Lipinski definition) is 6. The molecule has 2 aromatic rings. The molecule has 29 heavy (non-hydrogen) atoms. The van der Waals surface area contributed by atoms with Gasteiger partial charge in [0, 0.05) is 13.0 Å². The van der Waals surface area contributed by atoms with Crippen LogP contribution in [0, 0.1) is 13.8 Å². The second kappa shape index (κ2) is 7.86. The van der Waals surface area contributed by atoms with E-state index in [-0.39, 0.29) is 22.8 Å². The van der Waals surface area contributed by atoms with Gasteiger partial charge in [0.1, 0.15) is 6.04 Å². The molecule has 1 aliphatic rings. The summed E-state index contributed by atoms with van der Waals surface area (Å²) in [5.41, 5.74) is 1.72. The van der Waals surface area contributed by atoms with E-state index in [9.17, 15) is 26.7 Å². The lowest BCUT2D eigenvalue weighted by molar-refractivity contribution is -0.140. The molecule has 0 radical (unpaired) electrons. The Bertz CT molecular complexity index is 1110. The molecule has 0 spiro atoms. The zero-order valence-electron chi connectivity index (χ0n) is 15.8. The van der Waals surface area contributed by atoms with Crippen molar-refractivity contribution in [3.63, 3.8) is 0 Å². The molecule has 0 saturated carbocycles. The SMILES string of the molecule is Cc1ccc(S(=O)(=O)O[C@@H]2C[C@@H](C(=O)O)N(S(=O)(=O)c3ccc(C)cc3)C2)cc1. The summed E-state index contributed by atoms with van der Waals surface area (Å²) in [6.45, 7) is 3.23. The van der Waals surface area contributed by atoms with E-state index in [1.54, 1.807) is 38.1 Å². The van der Waals surface area contributed by atoms with Gasteiger partial charge in [-0.05, 0) is 38.1 Å². The number of aliphatic carboxylic acids is 1. The molecule has 0 amide bonds. The maximum atomic E-state index is 12.9.